The lowest BCUT2D eigenvalue weighted by Gasteiger charge is -2.21. The van der Waals surface area contributed by atoms with Crippen LogP contribution < -0.4 is 11.1 Å². The van der Waals surface area contributed by atoms with E-state index < -0.39 is 0 Å². The zero-order chi connectivity index (χ0) is 17.5. The normalized spacial score (nSPS) is 13.7. The van der Waals surface area contributed by atoms with Crippen molar-refractivity contribution in [3.05, 3.63) is 78.1 Å². The molecule has 0 aliphatic heterocycles. The van der Waals surface area contributed by atoms with Gasteiger partial charge in [0.2, 0.25) is 0 Å². The van der Waals surface area contributed by atoms with E-state index in [-0.39, 0.29) is 6.04 Å². The summed E-state index contributed by atoms with van der Waals surface area (Å²) < 4.78 is 0. The number of fused-ring (bicyclic) bond motifs is 1. The van der Waals surface area contributed by atoms with Crippen LogP contribution in [-0.4, -0.2) is 17.1 Å². The van der Waals surface area contributed by atoms with E-state index in [4.69, 9.17) is 5.73 Å². The van der Waals surface area contributed by atoms with Crippen LogP contribution >= 0.6 is 0 Å². The molecule has 0 saturated heterocycles. The predicted molar refractivity (Wildman–Crippen MR) is 105 cm³/mol. The zero-order valence-electron chi connectivity index (χ0n) is 14.9. The van der Waals surface area contributed by atoms with Gasteiger partial charge in [0.05, 0.1) is 0 Å². The zero-order valence-corrected chi connectivity index (χ0v) is 14.9. The van der Waals surface area contributed by atoms with Crippen LogP contribution in [0.25, 0.3) is 10.8 Å². The van der Waals surface area contributed by atoms with Gasteiger partial charge < -0.3 is 11.1 Å². The van der Waals surface area contributed by atoms with Gasteiger partial charge in [-0.1, -0.05) is 42.5 Å². The molecule has 3 rings (SSSR count). The highest BCUT2D eigenvalue weighted by Crippen LogP contribution is 2.15. The van der Waals surface area contributed by atoms with Crippen LogP contribution in [0.5, 0.6) is 0 Å². The number of benzene rings is 2. The average molecular weight is 333 g/mol. The number of hydrogen-bond donors (Lipinski definition) is 2. The number of aromatic nitrogens is 1. The third-order valence-electron chi connectivity index (χ3n) is 4.82. The molecular formula is C22H27N3. The van der Waals surface area contributed by atoms with Crippen molar-refractivity contribution < 1.29 is 0 Å². The van der Waals surface area contributed by atoms with Crippen LogP contribution in [0.3, 0.4) is 0 Å². The fourth-order valence-electron chi connectivity index (χ4n) is 3.11. The Morgan fingerprint density at radius 1 is 1.00 bits per heavy atom. The molecule has 2 aromatic carbocycles. The van der Waals surface area contributed by atoms with Gasteiger partial charge in [-0.05, 0) is 54.8 Å². The van der Waals surface area contributed by atoms with E-state index in [1.54, 1.807) is 0 Å². The van der Waals surface area contributed by atoms with Gasteiger partial charge in [-0.25, -0.2) is 0 Å². The topological polar surface area (TPSA) is 50.9 Å². The molecule has 0 aliphatic rings. The average Bonchev–Trinajstić information content (AvgIpc) is 2.66. The first-order valence-corrected chi connectivity index (χ1v) is 9.08. The maximum atomic E-state index is 6.37. The van der Waals surface area contributed by atoms with Gasteiger partial charge >= 0.3 is 0 Å². The van der Waals surface area contributed by atoms with Crippen LogP contribution in [-0.2, 0) is 13.0 Å². The van der Waals surface area contributed by atoms with E-state index in [1.165, 1.54) is 21.9 Å². The minimum absolute atomic E-state index is 0.174. The van der Waals surface area contributed by atoms with E-state index in [0.29, 0.717) is 6.04 Å². The third-order valence-corrected chi connectivity index (χ3v) is 4.82. The molecule has 0 unspecified atom stereocenters. The van der Waals surface area contributed by atoms with E-state index >= 15 is 0 Å². The lowest BCUT2D eigenvalue weighted by atomic mass is 10.0. The Hall–Kier alpha value is -2.23. The second-order valence-electron chi connectivity index (χ2n) is 6.77. The van der Waals surface area contributed by atoms with Gasteiger partial charge in [-0.2, -0.15) is 0 Å². The molecule has 0 fully saturated rings. The van der Waals surface area contributed by atoms with Crippen molar-refractivity contribution >= 4 is 10.8 Å². The first-order chi connectivity index (χ1) is 12.2. The standard InChI is InChI=1S/C22H27N3/c1-17(22(23)9-5-8-18-6-3-2-4-7-18)25-15-19-10-11-21-16-24-13-12-20(21)14-19/h2-4,6-7,10-14,16-17,22,25H,5,8-9,15,23H2,1H3/t17-,22+/m1/s1. The summed E-state index contributed by atoms with van der Waals surface area (Å²) in [6.45, 7) is 3.02. The molecule has 0 radical (unpaired) electrons. The second kappa shape index (κ2) is 8.75. The summed E-state index contributed by atoms with van der Waals surface area (Å²) in [6, 6.07) is 19.6. The van der Waals surface area contributed by atoms with Crippen LogP contribution in [0, 0.1) is 0 Å². The van der Waals surface area contributed by atoms with Crippen molar-refractivity contribution in [2.45, 2.75) is 44.8 Å². The molecule has 130 valence electrons. The number of nitrogens with zero attached hydrogens (tertiary/aromatic N) is 1. The Bertz CT molecular complexity index is 785. The minimum atomic E-state index is 0.174. The Morgan fingerprint density at radius 3 is 2.68 bits per heavy atom. The summed E-state index contributed by atoms with van der Waals surface area (Å²) in [5, 5.41) is 5.98. The third kappa shape index (κ3) is 5.12. The molecule has 25 heavy (non-hydrogen) atoms. The molecule has 2 atom stereocenters. The number of aryl methyl sites for hydroxylation is 1. The molecule has 3 aromatic rings. The Balaban J connectivity index is 1.45. The van der Waals surface area contributed by atoms with E-state index in [0.717, 1.165) is 25.8 Å². The summed E-state index contributed by atoms with van der Waals surface area (Å²) in [5.41, 5.74) is 9.03. The Morgan fingerprint density at radius 2 is 1.84 bits per heavy atom. The smallest absolute Gasteiger partial charge is 0.0346 e. The number of pyridine rings is 1. The first kappa shape index (κ1) is 17.6. The van der Waals surface area contributed by atoms with E-state index in [2.05, 4.69) is 71.8 Å². The van der Waals surface area contributed by atoms with Gasteiger partial charge in [0.25, 0.3) is 0 Å². The molecule has 3 N–H and O–H groups in total. The highest BCUT2D eigenvalue weighted by Gasteiger charge is 2.12. The Kier molecular flexibility index (Phi) is 6.15. The molecule has 0 spiro atoms. The fourth-order valence-corrected chi connectivity index (χ4v) is 3.11. The summed E-state index contributed by atoms with van der Waals surface area (Å²) in [7, 11) is 0. The maximum absolute atomic E-state index is 6.37. The summed E-state index contributed by atoms with van der Waals surface area (Å²) in [6.07, 6.45) is 7.00. The summed E-state index contributed by atoms with van der Waals surface area (Å²) >= 11 is 0. The SMILES string of the molecule is C[C@@H](NCc1ccc2cnccc2c1)[C@@H](N)CCCc1ccccc1. The lowest BCUT2D eigenvalue weighted by Crippen LogP contribution is -2.42. The van der Waals surface area contributed by atoms with Crippen LogP contribution in [0.4, 0.5) is 0 Å². The quantitative estimate of drug-likeness (QED) is 0.653. The van der Waals surface area contributed by atoms with Crippen molar-refractivity contribution in [1.29, 1.82) is 0 Å². The predicted octanol–water partition coefficient (Wildman–Crippen LogP) is 4.06. The first-order valence-electron chi connectivity index (χ1n) is 9.08. The molecule has 0 aliphatic carbocycles. The Labute approximate surface area is 150 Å². The van der Waals surface area contributed by atoms with Gasteiger partial charge in [-0.15, -0.1) is 0 Å². The number of hydrogen-bond acceptors (Lipinski definition) is 3. The number of nitrogens with two attached hydrogens (primary N) is 1. The minimum Gasteiger partial charge on any atom is -0.326 e. The van der Waals surface area contributed by atoms with Crippen LogP contribution in [0.2, 0.25) is 0 Å². The highest BCUT2D eigenvalue weighted by molar-refractivity contribution is 5.81. The monoisotopic (exact) mass is 333 g/mol. The summed E-state index contributed by atoms with van der Waals surface area (Å²) in [5.74, 6) is 0. The van der Waals surface area contributed by atoms with Gasteiger partial charge in [0.1, 0.15) is 0 Å². The van der Waals surface area contributed by atoms with E-state index in [9.17, 15) is 0 Å². The number of rotatable bonds is 8. The van der Waals surface area contributed by atoms with Crippen molar-refractivity contribution in [3.63, 3.8) is 0 Å². The van der Waals surface area contributed by atoms with Crippen molar-refractivity contribution in [1.82, 2.24) is 10.3 Å². The largest absolute Gasteiger partial charge is 0.326 e. The van der Waals surface area contributed by atoms with Gasteiger partial charge in [0, 0.05) is 36.4 Å². The van der Waals surface area contributed by atoms with Gasteiger partial charge in [-0.3, -0.25) is 4.98 Å². The highest BCUT2D eigenvalue weighted by atomic mass is 14.9. The molecule has 3 nitrogen and oxygen atoms in total. The molecule has 0 amide bonds. The molecule has 3 heteroatoms. The molecule has 1 aromatic heterocycles. The summed E-state index contributed by atoms with van der Waals surface area (Å²) in [4.78, 5) is 4.16. The molecular weight excluding hydrogens is 306 g/mol. The van der Waals surface area contributed by atoms with E-state index in [1.807, 2.05) is 12.4 Å². The van der Waals surface area contributed by atoms with Crippen molar-refractivity contribution in [2.75, 3.05) is 0 Å². The van der Waals surface area contributed by atoms with Gasteiger partial charge in [0.15, 0.2) is 0 Å². The molecule has 1 heterocycles. The van der Waals surface area contributed by atoms with Crippen LogP contribution in [0.1, 0.15) is 30.9 Å². The van der Waals surface area contributed by atoms with Crippen LogP contribution in [0.15, 0.2) is 67.0 Å². The maximum Gasteiger partial charge on any atom is 0.0346 e. The lowest BCUT2D eigenvalue weighted by molar-refractivity contribution is 0.427. The fraction of sp³-hybridized carbons (Fsp3) is 0.318. The number of nitrogens with one attached hydrogen (secondary N) is 1. The molecule has 0 bridgehead atoms. The van der Waals surface area contributed by atoms with Crippen molar-refractivity contribution in [3.8, 4) is 0 Å². The second-order valence-corrected chi connectivity index (χ2v) is 6.77. The van der Waals surface area contributed by atoms with Crippen molar-refractivity contribution in [2.24, 2.45) is 5.73 Å². The molecule has 0 saturated carbocycles.